The van der Waals surface area contributed by atoms with Crippen LogP contribution in [0.4, 0.5) is 0 Å². The Hall–Kier alpha value is -1.16. The molecule has 0 bridgehead atoms. The molecule has 0 saturated carbocycles. The number of rotatable bonds is 1. The zero-order valence-electron chi connectivity index (χ0n) is 6.56. The van der Waals surface area contributed by atoms with Gasteiger partial charge in [-0.15, -0.1) is 0 Å². The van der Waals surface area contributed by atoms with Crippen molar-refractivity contribution in [2.24, 2.45) is 0 Å². The number of methoxy groups -OCH3 is 1. The summed E-state index contributed by atoms with van der Waals surface area (Å²) < 4.78 is 6.63. The number of hydrogen-bond acceptors (Lipinski definition) is 3. The molecule has 2 aromatic rings. The highest BCUT2D eigenvalue weighted by Crippen LogP contribution is 2.21. The van der Waals surface area contributed by atoms with E-state index in [4.69, 9.17) is 4.74 Å². The summed E-state index contributed by atoms with van der Waals surface area (Å²) in [6.07, 6.45) is 0. The number of aromatic nitrogens is 2. The van der Waals surface area contributed by atoms with Gasteiger partial charge in [0.1, 0.15) is 0 Å². The predicted octanol–water partition coefficient (Wildman–Crippen LogP) is 1.74. The third-order valence-electron chi connectivity index (χ3n) is 1.69. The van der Waals surface area contributed by atoms with Crippen LogP contribution in [0.2, 0.25) is 0 Å². The minimum Gasteiger partial charge on any atom is -0.467 e. The summed E-state index contributed by atoms with van der Waals surface area (Å²) in [4.78, 5) is 4.20. The molecule has 12 heavy (non-hydrogen) atoms. The molecule has 1 aromatic heterocycles. The third kappa shape index (κ3) is 0.956. The molecule has 0 N–H and O–H groups in total. The van der Waals surface area contributed by atoms with Gasteiger partial charge in [-0.1, -0.05) is 24.9 Å². The Morgan fingerprint density at radius 1 is 1.42 bits per heavy atom. The topological polar surface area (TPSA) is 27.1 Å². The van der Waals surface area contributed by atoms with Crippen LogP contribution in [-0.2, 0) is 0 Å². The van der Waals surface area contributed by atoms with Crippen molar-refractivity contribution in [1.82, 2.24) is 8.96 Å². The van der Waals surface area contributed by atoms with Crippen LogP contribution in [0.3, 0.4) is 0 Å². The van der Waals surface area contributed by atoms with Crippen molar-refractivity contribution in [2.75, 3.05) is 7.11 Å². The van der Waals surface area contributed by atoms with E-state index in [2.05, 4.69) is 17.8 Å². The Morgan fingerprint density at radius 3 is 2.83 bits per heavy atom. The van der Waals surface area contributed by atoms with Gasteiger partial charge in [-0.25, -0.2) is 3.97 Å². The van der Waals surface area contributed by atoms with Crippen LogP contribution < -0.4 is 4.74 Å². The van der Waals surface area contributed by atoms with Gasteiger partial charge in [0.15, 0.2) is 0 Å². The summed E-state index contributed by atoms with van der Waals surface area (Å²) in [6.45, 7) is 0. The molecule has 2 rings (SSSR count). The smallest absolute Gasteiger partial charge is 0.307 e. The van der Waals surface area contributed by atoms with Crippen molar-refractivity contribution in [3.05, 3.63) is 24.3 Å². The van der Waals surface area contributed by atoms with Crippen LogP contribution in [0, 0.1) is 0 Å². The minimum absolute atomic E-state index is 0.513. The second-order valence-corrected chi connectivity index (χ2v) is 2.80. The van der Waals surface area contributed by atoms with E-state index in [1.54, 1.807) is 11.1 Å². The SMILES string of the molecule is COc1nc2ccccc2n1S. The van der Waals surface area contributed by atoms with Gasteiger partial charge in [0.25, 0.3) is 0 Å². The number of fused-ring (bicyclic) bond motifs is 1. The molecular weight excluding hydrogens is 172 g/mol. The van der Waals surface area contributed by atoms with Gasteiger partial charge in [0.2, 0.25) is 0 Å². The number of nitrogens with zero attached hydrogens (tertiary/aromatic N) is 2. The first kappa shape index (κ1) is 7.49. The highest BCUT2D eigenvalue weighted by molar-refractivity contribution is 7.78. The molecule has 0 amide bonds. The number of benzene rings is 1. The fourth-order valence-corrected chi connectivity index (χ4v) is 1.42. The van der Waals surface area contributed by atoms with E-state index in [1.165, 1.54) is 0 Å². The predicted molar refractivity (Wildman–Crippen MR) is 50.7 cm³/mol. The van der Waals surface area contributed by atoms with E-state index in [-0.39, 0.29) is 0 Å². The van der Waals surface area contributed by atoms with E-state index < -0.39 is 0 Å². The van der Waals surface area contributed by atoms with Crippen LogP contribution in [0.5, 0.6) is 6.01 Å². The van der Waals surface area contributed by atoms with Crippen LogP contribution in [0.15, 0.2) is 24.3 Å². The summed E-state index contributed by atoms with van der Waals surface area (Å²) >= 11 is 4.22. The van der Waals surface area contributed by atoms with Gasteiger partial charge in [0, 0.05) is 0 Å². The highest BCUT2D eigenvalue weighted by atomic mass is 32.1. The lowest BCUT2D eigenvalue weighted by atomic mass is 10.3. The van der Waals surface area contributed by atoms with Crippen LogP contribution in [-0.4, -0.2) is 16.1 Å². The molecule has 0 spiro atoms. The second-order valence-electron chi connectivity index (χ2n) is 2.40. The molecule has 1 aromatic carbocycles. The Bertz CT molecular complexity index is 410. The molecule has 0 aliphatic heterocycles. The molecule has 0 radical (unpaired) electrons. The average molecular weight is 180 g/mol. The fraction of sp³-hybridized carbons (Fsp3) is 0.125. The number of ether oxygens (including phenoxy) is 1. The number of para-hydroxylation sites is 2. The lowest BCUT2D eigenvalue weighted by Crippen LogP contribution is -1.88. The Kier molecular flexibility index (Phi) is 1.69. The number of thiol groups is 1. The van der Waals surface area contributed by atoms with Gasteiger partial charge in [-0.3, -0.25) is 0 Å². The van der Waals surface area contributed by atoms with Gasteiger partial charge >= 0.3 is 6.01 Å². The maximum Gasteiger partial charge on any atom is 0.307 e. The lowest BCUT2D eigenvalue weighted by Gasteiger charge is -1.96. The first-order valence-electron chi connectivity index (χ1n) is 3.53. The van der Waals surface area contributed by atoms with Crippen LogP contribution in [0.25, 0.3) is 11.0 Å². The summed E-state index contributed by atoms with van der Waals surface area (Å²) in [6, 6.07) is 8.25. The molecule has 0 atom stereocenters. The quantitative estimate of drug-likeness (QED) is 0.677. The lowest BCUT2D eigenvalue weighted by molar-refractivity contribution is 0.382. The molecule has 62 valence electrons. The van der Waals surface area contributed by atoms with E-state index in [0.29, 0.717) is 6.01 Å². The summed E-state index contributed by atoms with van der Waals surface area (Å²) in [5.74, 6) is 0. The molecule has 0 fully saturated rings. The average Bonchev–Trinajstić information content (AvgIpc) is 2.44. The molecule has 1 heterocycles. The summed E-state index contributed by atoms with van der Waals surface area (Å²) in [7, 11) is 1.58. The van der Waals surface area contributed by atoms with Gasteiger partial charge in [0.05, 0.1) is 18.1 Å². The number of imidazole rings is 1. The van der Waals surface area contributed by atoms with Crippen LogP contribution >= 0.6 is 12.8 Å². The first-order chi connectivity index (χ1) is 5.83. The fourth-order valence-electron chi connectivity index (χ4n) is 1.12. The zero-order chi connectivity index (χ0) is 8.55. The third-order valence-corrected chi connectivity index (χ3v) is 2.08. The van der Waals surface area contributed by atoms with Crippen molar-refractivity contribution < 1.29 is 4.74 Å². The summed E-state index contributed by atoms with van der Waals surface area (Å²) in [5, 5.41) is 0. The van der Waals surface area contributed by atoms with Crippen molar-refractivity contribution in [3.8, 4) is 6.01 Å². The maximum atomic E-state index is 5.01. The standard InChI is InChI=1S/C8H8N2OS/c1-11-8-9-6-4-2-3-5-7(6)10(8)12/h2-5,12H,1H3. The highest BCUT2D eigenvalue weighted by Gasteiger charge is 2.05. The molecule has 0 unspecified atom stereocenters. The molecule has 0 aliphatic rings. The first-order valence-corrected chi connectivity index (χ1v) is 3.93. The normalized spacial score (nSPS) is 10.5. The largest absolute Gasteiger partial charge is 0.467 e. The molecule has 0 saturated heterocycles. The Morgan fingerprint density at radius 2 is 2.17 bits per heavy atom. The Balaban J connectivity index is 2.78. The molecule has 0 aliphatic carbocycles. The number of hydrogen-bond donors (Lipinski definition) is 1. The van der Waals surface area contributed by atoms with E-state index >= 15 is 0 Å². The van der Waals surface area contributed by atoms with Crippen molar-refractivity contribution in [3.63, 3.8) is 0 Å². The minimum atomic E-state index is 0.513. The van der Waals surface area contributed by atoms with Crippen molar-refractivity contribution in [2.45, 2.75) is 0 Å². The van der Waals surface area contributed by atoms with Gasteiger partial charge < -0.3 is 4.74 Å². The van der Waals surface area contributed by atoms with Crippen molar-refractivity contribution >= 4 is 23.8 Å². The second kappa shape index (κ2) is 2.71. The molecule has 4 heteroatoms. The molecular formula is C8H8N2OS. The monoisotopic (exact) mass is 180 g/mol. The molecule has 3 nitrogen and oxygen atoms in total. The van der Waals surface area contributed by atoms with Gasteiger partial charge in [-0.2, -0.15) is 4.98 Å². The zero-order valence-corrected chi connectivity index (χ0v) is 7.45. The van der Waals surface area contributed by atoms with E-state index in [0.717, 1.165) is 11.0 Å². The Labute approximate surface area is 75.5 Å². The van der Waals surface area contributed by atoms with Gasteiger partial charge in [-0.05, 0) is 12.1 Å². The van der Waals surface area contributed by atoms with E-state index in [1.807, 2.05) is 24.3 Å². The maximum absolute atomic E-state index is 5.01. The van der Waals surface area contributed by atoms with E-state index in [9.17, 15) is 0 Å². The summed E-state index contributed by atoms with van der Waals surface area (Å²) in [5.41, 5.74) is 1.85. The van der Waals surface area contributed by atoms with Crippen LogP contribution in [0.1, 0.15) is 0 Å². The van der Waals surface area contributed by atoms with Crippen molar-refractivity contribution in [1.29, 1.82) is 0 Å².